The minimum absolute atomic E-state index is 1.01. The molecule has 10 heavy (non-hydrogen) atoms. The zero-order valence-electron chi connectivity index (χ0n) is 6.78. The fraction of sp³-hybridized carbons (Fsp3) is 1.00. The molecule has 0 bridgehead atoms. The molecule has 0 amide bonds. The topological polar surface area (TPSA) is 24.1 Å². The molecule has 0 spiro atoms. The number of rotatable bonds is 6. The van der Waals surface area contributed by atoms with Crippen LogP contribution >= 0.6 is 11.1 Å². The second-order valence-corrected chi connectivity index (χ2v) is 5.82. The van der Waals surface area contributed by atoms with Gasteiger partial charge in [0.2, 0.25) is 8.27 Å². The Morgan fingerprint density at radius 1 is 1.40 bits per heavy atom. The molecule has 0 radical (unpaired) electrons. The van der Waals surface area contributed by atoms with Crippen LogP contribution in [0.25, 0.3) is 0 Å². The lowest BCUT2D eigenvalue weighted by atomic mass is 10.6. The van der Waals surface area contributed by atoms with Crippen LogP contribution in [-0.4, -0.2) is 28.4 Å². The lowest BCUT2D eigenvalue weighted by Crippen LogP contribution is -2.33. The van der Waals surface area contributed by atoms with Crippen LogP contribution in [0.5, 0.6) is 0 Å². The van der Waals surface area contributed by atoms with E-state index in [1.165, 1.54) is 12.5 Å². The Morgan fingerprint density at radius 3 is 2.60 bits per heavy atom. The minimum atomic E-state index is -1.05. The monoisotopic (exact) mass is 180 g/mol. The van der Waals surface area contributed by atoms with Crippen LogP contribution < -0.4 is 10.3 Å². The molecule has 0 aromatic heterocycles. The van der Waals surface area contributed by atoms with Gasteiger partial charge in [0.1, 0.15) is 0 Å². The highest BCUT2D eigenvalue weighted by molar-refractivity contribution is 7.05. The average Bonchev–Trinajstić information content (AvgIpc) is 1.89. The van der Waals surface area contributed by atoms with Gasteiger partial charge in [-0.15, -0.1) is 0 Å². The van der Waals surface area contributed by atoms with Gasteiger partial charge in [-0.25, -0.2) is 0 Å². The maximum absolute atomic E-state index is 6.02. The summed E-state index contributed by atoms with van der Waals surface area (Å²) >= 11 is 6.02. The van der Waals surface area contributed by atoms with E-state index in [1.807, 2.05) is 7.05 Å². The van der Waals surface area contributed by atoms with Crippen LogP contribution in [0.4, 0.5) is 0 Å². The van der Waals surface area contributed by atoms with Gasteiger partial charge in [0, 0.05) is 13.1 Å². The first-order chi connectivity index (χ1) is 4.81. The van der Waals surface area contributed by atoms with Crippen molar-refractivity contribution in [1.29, 1.82) is 0 Å². The molecule has 1 unspecified atom stereocenters. The number of halogens is 1. The molecule has 1 atom stereocenters. The van der Waals surface area contributed by atoms with E-state index in [9.17, 15) is 0 Å². The van der Waals surface area contributed by atoms with Gasteiger partial charge < -0.3 is 10.3 Å². The predicted octanol–water partition coefficient (Wildman–Crippen LogP) is 0.665. The molecule has 2 N–H and O–H groups in total. The molecule has 0 rings (SSSR count). The quantitative estimate of drug-likeness (QED) is 0.357. The van der Waals surface area contributed by atoms with Crippen molar-refractivity contribution in [3.63, 3.8) is 0 Å². The molecule has 0 saturated heterocycles. The summed E-state index contributed by atoms with van der Waals surface area (Å²) in [5, 5.41) is 3.07. The van der Waals surface area contributed by atoms with Crippen molar-refractivity contribution in [2.24, 2.45) is 0 Å². The van der Waals surface area contributed by atoms with E-state index in [1.54, 1.807) is 0 Å². The SMILES string of the molecule is CCC[SiH](Cl)NCCNC. The number of hydrogen-bond acceptors (Lipinski definition) is 2. The van der Waals surface area contributed by atoms with E-state index in [-0.39, 0.29) is 0 Å². The van der Waals surface area contributed by atoms with Crippen molar-refractivity contribution in [1.82, 2.24) is 10.3 Å². The average molecular weight is 181 g/mol. The Balaban J connectivity index is 2.97. The van der Waals surface area contributed by atoms with Crippen LogP contribution in [0.15, 0.2) is 0 Å². The molecule has 0 fully saturated rings. The summed E-state index contributed by atoms with van der Waals surface area (Å²) in [5.74, 6) is 0. The fourth-order valence-corrected chi connectivity index (χ4v) is 2.86. The summed E-state index contributed by atoms with van der Waals surface area (Å²) in [7, 11) is 0.899. The van der Waals surface area contributed by atoms with E-state index in [0.29, 0.717) is 0 Å². The first kappa shape index (κ1) is 10.4. The predicted molar refractivity (Wildman–Crippen MR) is 50.0 cm³/mol. The first-order valence-corrected chi connectivity index (χ1v) is 6.97. The Hall–Kier alpha value is 0.427. The highest BCUT2D eigenvalue weighted by Gasteiger charge is 2.02. The summed E-state index contributed by atoms with van der Waals surface area (Å²) in [6, 6.07) is 1.19. The molecule has 0 aliphatic heterocycles. The van der Waals surface area contributed by atoms with Crippen molar-refractivity contribution >= 4 is 19.3 Å². The fourth-order valence-electron chi connectivity index (χ4n) is 0.709. The van der Waals surface area contributed by atoms with Gasteiger partial charge in [-0.3, -0.25) is 0 Å². The van der Waals surface area contributed by atoms with Gasteiger partial charge in [-0.2, -0.15) is 11.1 Å². The summed E-state index contributed by atoms with van der Waals surface area (Å²) in [6.45, 7) is 4.19. The first-order valence-electron chi connectivity index (χ1n) is 3.83. The third-order valence-corrected chi connectivity index (χ3v) is 4.22. The smallest absolute Gasteiger partial charge is 0.211 e. The van der Waals surface area contributed by atoms with Gasteiger partial charge in [0.25, 0.3) is 0 Å². The molecular formula is C6H17ClN2Si. The zero-order chi connectivity index (χ0) is 7.82. The lowest BCUT2D eigenvalue weighted by molar-refractivity contribution is 0.763. The molecule has 0 aliphatic rings. The zero-order valence-corrected chi connectivity index (χ0v) is 8.69. The molecule has 0 saturated carbocycles. The second kappa shape index (κ2) is 7.53. The molecular weight excluding hydrogens is 164 g/mol. The third kappa shape index (κ3) is 6.55. The van der Waals surface area contributed by atoms with E-state index in [0.717, 1.165) is 13.1 Å². The van der Waals surface area contributed by atoms with Crippen LogP contribution in [0.2, 0.25) is 6.04 Å². The van der Waals surface area contributed by atoms with Crippen LogP contribution in [0.1, 0.15) is 13.3 Å². The van der Waals surface area contributed by atoms with Gasteiger partial charge in [0.15, 0.2) is 0 Å². The van der Waals surface area contributed by atoms with Gasteiger partial charge in [-0.1, -0.05) is 13.3 Å². The minimum Gasteiger partial charge on any atom is -0.326 e. The molecule has 2 nitrogen and oxygen atoms in total. The van der Waals surface area contributed by atoms with E-state index < -0.39 is 8.27 Å². The summed E-state index contributed by atoms with van der Waals surface area (Å²) in [6.07, 6.45) is 1.20. The lowest BCUT2D eigenvalue weighted by Gasteiger charge is -2.07. The summed E-state index contributed by atoms with van der Waals surface area (Å²) in [4.78, 5) is 3.33. The van der Waals surface area contributed by atoms with Crippen LogP contribution in [0, 0.1) is 0 Å². The third-order valence-electron chi connectivity index (χ3n) is 1.28. The highest BCUT2D eigenvalue weighted by atomic mass is 35.6. The van der Waals surface area contributed by atoms with E-state index >= 15 is 0 Å². The molecule has 0 aromatic rings. The van der Waals surface area contributed by atoms with Crippen molar-refractivity contribution < 1.29 is 0 Å². The van der Waals surface area contributed by atoms with Crippen molar-refractivity contribution in [2.45, 2.75) is 19.4 Å². The van der Waals surface area contributed by atoms with Crippen molar-refractivity contribution in [3.05, 3.63) is 0 Å². The maximum Gasteiger partial charge on any atom is 0.211 e. The van der Waals surface area contributed by atoms with Crippen LogP contribution in [0.3, 0.4) is 0 Å². The Bertz CT molecular complexity index is 72.8. The second-order valence-electron chi connectivity index (χ2n) is 2.31. The number of likely N-dealkylation sites (N-methyl/N-ethyl adjacent to an activating group) is 1. The molecule has 0 heterocycles. The van der Waals surface area contributed by atoms with Gasteiger partial charge in [-0.05, 0) is 13.1 Å². The van der Waals surface area contributed by atoms with Crippen molar-refractivity contribution in [2.75, 3.05) is 20.1 Å². The standard InChI is InChI=1S/C6H17ClN2Si/c1-3-6-10(7)9-5-4-8-2/h8-10H,3-6H2,1-2H3. The largest absolute Gasteiger partial charge is 0.326 e. The van der Waals surface area contributed by atoms with Gasteiger partial charge in [0.05, 0.1) is 0 Å². The van der Waals surface area contributed by atoms with E-state index in [4.69, 9.17) is 11.1 Å². The Labute approximate surface area is 69.7 Å². The van der Waals surface area contributed by atoms with Gasteiger partial charge >= 0.3 is 0 Å². The number of nitrogens with one attached hydrogen (secondary N) is 2. The summed E-state index contributed by atoms with van der Waals surface area (Å²) in [5.41, 5.74) is 0. The van der Waals surface area contributed by atoms with Crippen molar-refractivity contribution in [3.8, 4) is 0 Å². The van der Waals surface area contributed by atoms with E-state index in [2.05, 4.69) is 17.2 Å². The normalized spacial score (nSPS) is 13.5. The Morgan fingerprint density at radius 2 is 2.10 bits per heavy atom. The molecule has 4 heteroatoms. The van der Waals surface area contributed by atoms with Crippen LogP contribution in [-0.2, 0) is 0 Å². The number of hydrogen-bond donors (Lipinski definition) is 2. The molecule has 62 valence electrons. The highest BCUT2D eigenvalue weighted by Crippen LogP contribution is 1.96. The maximum atomic E-state index is 6.02. The summed E-state index contributed by atoms with van der Waals surface area (Å²) < 4.78 is 0. The molecule has 0 aromatic carbocycles. The Kier molecular flexibility index (Phi) is 7.85. The molecule has 0 aliphatic carbocycles.